The van der Waals surface area contributed by atoms with E-state index < -0.39 is 5.91 Å². The average Bonchev–Trinajstić information content (AvgIpc) is 2.78. The summed E-state index contributed by atoms with van der Waals surface area (Å²) >= 11 is 10.6. The molecule has 0 saturated heterocycles. The van der Waals surface area contributed by atoms with E-state index in [1.807, 2.05) is 79.7 Å². The number of halogens is 3. The first-order chi connectivity index (χ1) is 15.4. The molecule has 0 radical (unpaired) electrons. The number of amides is 1. The van der Waals surface area contributed by atoms with E-state index in [0.717, 1.165) is 29.6 Å². The van der Waals surface area contributed by atoms with Crippen LogP contribution in [0, 0.1) is 18.5 Å². The molecule has 0 aliphatic rings. The van der Waals surface area contributed by atoms with Gasteiger partial charge in [0.05, 0.1) is 13.2 Å². The molecule has 32 heavy (non-hydrogen) atoms. The van der Waals surface area contributed by atoms with Gasteiger partial charge in [-0.1, -0.05) is 60.1 Å². The summed E-state index contributed by atoms with van der Waals surface area (Å²) in [5, 5.41) is 13.1. The molecule has 0 aliphatic carbocycles. The van der Waals surface area contributed by atoms with Gasteiger partial charge in [-0.3, -0.25) is 4.79 Å². The Morgan fingerprint density at radius 1 is 1.12 bits per heavy atom. The minimum atomic E-state index is -0.409. The lowest BCUT2D eigenvalue weighted by atomic mass is 10.1. The summed E-state index contributed by atoms with van der Waals surface area (Å²) < 4.78 is 7.76. The number of hydrogen-bond donors (Lipinski definition) is 1. The summed E-state index contributed by atoms with van der Waals surface area (Å²) in [4.78, 5) is 12.6. The van der Waals surface area contributed by atoms with E-state index >= 15 is 0 Å². The lowest BCUT2D eigenvalue weighted by Gasteiger charge is -2.14. The Hall–Kier alpha value is -2.09. The van der Waals surface area contributed by atoms with Crippen molar-refractivity contribution in [1.29, 1.82) is 5.26 Å². The molecule has 1 N–H and O–H groups in total. The highest BCUT2D eigenvalue weighted by Gasteiger charge is 2.15. The normalized spacial score (nSPS) is 12.0. The van der Waals surface area contributed by atoms with Gasteiger partial charge in [0.25, 0.3) is 5.91 Å². The van der Waals surface area contributed by atoms with Crippen molar-refractivity contribution in [2.24, 2.45) is 0 Å². The predicted molar refractivity (Wildman–Crippen MR) is 144 cm³/mol. The van der Waals surface area contributed by atoms with Gasteiger partial charge in [0.15, 0.2) is 0 Å². The van der Waals surface area contributed by atoms with E-state index in [-0.39, 0.29) is 11.6 Å². The lowest BCUT2D eigenvalue weighted by Crippen LogP contribution is -2.27. The Morgan fingerprint density at radius 3 is 2.38 bits per heavy atom. The Bertz CT molecular complexity index is 1170. The number of nitrogens with one attached hydrogen (secondary N) is 1. The first-order valence-corrected chi connectivity index (χ1v) is 12.3. The number of nitriles is 1. The van der Waals surface area contributed by atoms with Gasteiger partial charge in [-0.2, -0.15) is 5.26 Å². The lowest BCUT2D eigenvalue weighted by molar-refractivity contribution is -0.117. The number of carbonyl (C=O) groups excluding carboxylic acids is 1. The van der Waals surface area contributed by atoms with Gasteiger partial charge in [0, 0.05) is 10.6 Å². The average molecular weight is 669 g/mol. The largest absolute Gasteiger partial charge is 0.487 e. The zero-order valence-electron chi connectivity index (χ0n) is 17.1. The molecule has 4 nitrogen and oxygen atoms in total. The summed E-state index contributed by atoms with van der Waals surface area (Å²) in [6.07, 6.45) is 1.59. The molecule has 0 fully saturated rings. The molecule has 3 rings (SSSR count). The monoisotopic (exact) mass is 668 g/mol. The van der Waals surface area contributed by atoms with Crippen molar-refractivity contribution >= 4 is 68.8 Å². The molecule has 0 aliphatic heterocycles. The number of nitrogens with zero attached hydrogens (tertiary/aromatic N) is 1. The maximum absolute atomic E-state index is 12.6. The fourth-order valence-corrected chi connectivity index (χ4v) is 5.30. The van der Waals surface area contributed by atoms with Crippen LogP contribution in [0.15, 0.2) is 72.3 Å². The fraction of sp³-hybridized carbons (Fsp3) is 0.120. The standard InChI is InChI=1S/C25H19ClI2N2O2/c1-16(18-7-3-2-4-8-18)30-25(31)20(14-29)11-17-12-22(27)24(23(28)13-17)32-15-19-9-5-6-10-21(19)26/h2-13,16H,15H2,1H3,(H,30,31)/b20-11-/t16-/m1/s1. The van der Waals surface area contributed by atoms with Gasteiger partial charge in [-0.25, -0.2) is 0 Å². The zero-order chi connectivity index (χ0) is 23.1. The van der Waals surface area contributed by atoms with Crippen LogP contribution in [0.1, 0.15) is 29.7 Å². The van der Waals surface area contributed by atoms with Crippen LogP contribution >= 0.6 is 56.8 Å². The molecule has 0 spiro atoms. The summed E-state index contributed by atoms with van der Waals surface area (Å²) in [6, 6.07) is 22.8. The Kier molecular flexibility index (Phi) is 8.96. The molecular formula is C25H19ClI2N2O2. The molecule has 3 aromatic carbocycles. The second kappa shape index (κ2) is 11.7. The summed E-state index contributed by atoms with van der Waals surface area (Å²) in [6.45, 7) is 2.24. The molecule has 1 amide bonds. The number of benzene rings is 3. The third-order valence-electron chi connectivity index (χ3n) is 4.67. The first kappa shape index (κ1) is 24.6. The number of hydrogen-bond acceptors (Lipinski definition) is 3. The molecule has 0 heterocycles. The first-order valence-electron chi connectivity index (χ1n) is 9.72. The van der Waals surface area contributed by atoms with Crippen LogP contribution in [0.2, 0.25) is 5.02 Å². The fourth-order valence-electron chi connectivity index (χ4n) is 2.98. The van der Waals surface area contributed by atoms with Crippen molar-refractivity contribution in [3.63, 3.8) is 0 Å². The Labute approximate surface area is 219 Å². The van der Waals surface area contributed by atoms with Crippen LogP contribution < -0.4 is 10.1 Å². The highest BCUT2D eigenvalue weighted by atomic mass is 127. The maximum atomic E-state index is 12.6. The molecule has 1 atom stereocenters. The minimum absolute atomic E-state index is 0.0455. The van der Waals surface area contributed by atoms with Gasteiger partial charge in [-0.05, 0) is 87.5 Å². The van der Waals surface area contributed by atoms with Crippen LogP contribution in [0.4, 0.5) is 0 Å². The molecule has 0 unspecified atom stereocenters. The van der Waals surface area contributed by atoms with E-state index in [4.69, 9.17) is 16.3 Å². The van der Waals surface area contributed by atoms with Crippen molar-refractivity contribution in [2.75, 3.05) is 0 Å². The molecule has 0 aromatic heterocycles. The highest BCUT2D eigenvalue weighted by molar-refractivity contribution is 14.1. The van der Waals surface area contributed by atoms with Gasteiger partial charge < -0.3 is 10.1 Å². The van der Waals surface area contributed by atoms with Gasteiger partial charge >= 0.3 is 0 Å². The van der Waals surface area contributed by atoms with Crippen LogP contribution in [-0.2, 0) is 11.4 Å². The quantitative estimate of drug-likeness (QED) is 0.169. The van der Waals surface area contributed by atoms with Crippen molar-refractivity contribution in [1.82, 2.24) is 5.32 Å². The van der Waals surface area contributed by atoms with E-state index in [1.54, 1.807) is 6.08 Å². The van der Waals surface area contributed by atoms with E-state index in [1.165, 1.54) is 0 Å². The van der Waals surface area contributed by atoms with E-state index in [9.17, 15) is 10.1 Å². The van der Waals surface area contributed by atoms with Crippen LogP contribution in [0.25, 0.3) is 6.08 Å². The van der Waals surface area contributed by atoms with E-state index in [0.29, 0.717) is 11.6 Å². The van der Waals surface area contributed by atoms with Gasteiger partial charge in [-0.15, -0.1) is 0 Å². The summed E-state index contributed by atoms with van der Waals surface area (Å²) in [5.41, 5.74) is 2.68. The number of ether oxygens (including phenoxy) is 1. The van der Waals surface area contributed by atoms with Crippen molar-refractivity contribution in [3.8, 4) is 11.8 Å². The van der Waals surface area contributed by atoms with Crippen LogP contribution in [-0.4, -0.2) is 5.91 Å². The van der Waals surface area contributed by atoms with Crippen molar-refractivity contribution < 1.29 is 9.53 Å². The topological polar surface area (TPSA) is 62.1 Å². The summed E-state index contributed by atoms with van der Waals surface area (Å²) in [7, 11) is 0. The van der Waals surface area contributed by atoms with Gasteiger partial charge in [0.1, 0.15) is 24.0 Å². The van der Waals surface area contributed by atoms with Crippen LogP contribution in [0.5, 0.6) is 5.75 Å². The molecular weight excluding hydrogens is 650 g/mol. The second-order valence-corrected chi connectivity index (χ2v) is 9.70. The third kappa shape index (κ3) is 6.47. The SMILES string of the molecule is C[C@@H](NC(=O)/C(C#N)=C\c1cc(I)c(OCc2ccccc2Cl)c(I)c1)c1ccccc1. The number of rotatable bonds is 7. The summed E-state index contributed by atoms with van der Waals surface area (Å²) in [5.74, 6) is 0.330. The molecule has 3 aromatic rings. The second-order valence-electron chi connectivity index (χ2n) is 6.97. The molecule has 7 heteroatoms. The highest BCUT2D eigenvalue weighted by Crippen LogP contribution is 2.31. The Balaban J connectivity index is 1.75. The number of carbonyl (C=O) groups is 1. The van der Waals surface area contributed by atoms with Crippen molar-refractivity contribution in [2.45, 2.75) is 19.6 Å². The molecule has 0 bridgehead atoms. The minimum Gasteiger partial charge on any atom is -0.487 e. The molecule has 162 valence electrons. The smallest absolute Gasteiger partial charge is 0.262 e. The van der Waals surface area contributed by atoms with E-state index in [2.05, 4.69) is 50.5 Å². The van der Waals surface area contributed by atoms with Crippen LogP contribution in [0.3, 0.4) is 0 Å². The maximum Gasteiger partial charge on any atom is 0.262 e. The third-order valence-corrected chi connectivity index (χ3v) is 6.65. The van der Waals surface area contributed by atoms with Crippen molar-refractivity contribution in [3.05, 3.63) is 101 Å². The molecule has 0 saturated carbocycles. The Morgan fingerprint density at radius 2 is 1.75 bits per heavy atom. The van der Waals surface area contributed by atoms with Gasteiger partial charge in [0.2, 0.25) is 0 Å². The predicted octanol–water partition coefficient (Wildman–Crippen LogP) is 6.91. The zero-order valence-corrected chi connectivity index (χ0v) is 22.2.